The molecule has 0 aromatic heterocycles. The normalized spacial score (nSPS) is 0. The molecule has 55 valence electrons. The van der Waals surface area contributed by atoms with Crippen molar-refractivity contribution in [1.82, 2.24) is 0 Å². The molecule has 0 fully saturated rings. The molecule has 0 saturated heterocycles. The average Bonchev–Trinajstić information content (AvgIpc) is 0. The van der Waals surface area contributed by atoms with Crippen LogP contribution in [0.15, 0.2) is 0 Å². The van der Waals surface area contributed by atoms with E-state index in [1.165, 1.54) is 0 Å². The van der Waals surface area contributed by atoms with E-state index in [-0.39, 0.29) is 83.6 Å². The molecule has 0 unspecified atom stereocenters. The standard InChI is InChI=1S/6FH.Na.Sb.H/h6*1H;;;/q;;;;;;+1;;-1. The number of hydrogen-bond acceptors (Lipinski definition) is 0. The second-order valence-electron chi connectivity index (χ2n) is 0. The molecule has 0 amide bonds. The average molecular weight is 266 g/mol. The molecule has 0 spiro atoms. The van der Waals surface area contributed by atoms with Crippen molar-refractivity contribution < 1.29 is 59.2 Å². The van der Waals surface area contributed by atoms with Crippen LogP contribution in [0.3, 0.4) is 0 Å². The Morgan fingerprint density at radius 1 is 0.500 bits per heavy atom. The third-order valence-electron chi connectivity index (χ3n) is 0. The zero-order valence-electron chi connectivity index (χ0n) is 4.90. The topological polar surface area (TPSA) is 0 Å². The molecule has 0 atom stereocenters. The van der Waals surface area contributed by atoms with E-state index >= 15 is 0 Å². The Bertz CT molecular complexity index is 13.0. The van der Waals surface area contributed by atoms with Crippen molar-refractivity contribution >= 4 is 24.4 Å². The van der Waals surface area contributed by atoms with E-state index in [4.69, 9.17) is 0 Å². The van der Waals surface area contributed by atoms with Gasteiger partial charge in [0.25, 0.3) is 0 Å². The van der Waals surface area contributed by atoms with Gasteiger partial charge in [0, 0.05) is 24.4 Å². The summed E-state index contributed by atoms with van der Waals surface area (Å²) in [5.41, 5.74) is 0. The van der Waals surface area contributed by atoms with Crippen LogP contribution in [0.2, 0.25) is 0 Å². The van der Waals surface area contributed by atoms with Crippen LogP contribution in [0.1, 0.15) is 1.43 Å². The molecule has 0 saturated carbocycles. The van der Waals surface area contributed by atoms with Crippen LogP contribution in [0.4, 0.5) is 28.2 Å². The van der Waals surface area contributed by atoms with Crippen molar-refractivity contribution in [2.45, 2.75) is 0 Å². The van der Waals surface area contributed by atoms with Gasteiger partial charge in [-0.1, -0.05) is 0 Å². The fourth-order valence-corrected chi connectivity index (χ4v) is 0. The smallest absolute Gasteiger partial charge is 1.00 e. The summed E-state index contributed by atoms with van der Waals surface area (Å²) in [6, 6.07) is 0. The fraction of sp³-hybridized carbons (Fsp3) is 0. The van der Waals surface area contributed by atoms with Gasteiger partial charge in [0.2, 0.25) is 0 Å². The molecule has 8 heavy (non-hydrogen) atoms. The van der Waals surface area contributed by atoms with Crippen LogP contribution in [-0.2, 0) is 0 Å². The van der Waals surface area contributed by atoms with Gasteiger partial charge in [0.1, 0.15) is 0 Å². The van der Waals surface area contributed by atoms with E-state index in [1.807, 2.05) is 0 Å². The van der Waals surface area contributed by atoms with Crippen molar-refractivity contribution in [3.63, 3.8) is 0 Å². The van der Waals surface area contributed by atoms with E-state index < -0.39 is 0 Å². The minimum atomic E-state index is 0. The summed E-state index contributed by atoms with van der Waals surface area (Å²) in [6.45, 7) is 0. The van der Waals surface area contributed by atoms with Crippen molar-refractivity contribution in [2.24, 2.45) is 0 Å². The van der Waals surface area contributed by atoms with Crippen LogP contribution in [0.25, 0.3) is 0 Å². The first-order valence-corrected chi connectivity index (χ1v) is 0. The van der Waals surface area contributed by atoms with E-state index in [9.17, 15) is 0 Å². The van der Waals surface area contributed by atoms with Gasteiger partial charge in [-0.15, -0.1) is 0 Å². The first-order chi connectivity index (χ1) is 0. The zero-order chi connectivity index (χ0) is 0. The molecule has 0 aromatic rings. The maximum absolute atomic E-state index is 0. The van der Waals surface area contributed by atoms with Gasteiger partial charge in [-0.05, 0) is 0 Å². The Kier molecular flexibility index (Phi) is 9970. The maximum atomic E-state index is 0. The number of halogens is 6. The molecule has 8 heteroatoms. The second kappa shape index (κ2) is 235. The van der Waals surface area contributed by atoms with Crippen LogP contribution < -0.4 is 29.6 Å². The minimum Gasteiger partial charge on any atom is -1.00 e. The Morgan fingerprint density at radius 2 is 0.500 bits per heavy atom. The van der Waals surface area contributed by atoms with E-state index in [0.29, 0.717) is 0 Å². The van der Waals surface area contributed by atoms with E-state index in [2.05, 4.69) is 0 Å². The molecule has 0 aliphatic heterocycles. The summed E-state index contributed by atoms with van der Waals surface area (Å²) in [7, 11) is 0. The first-order valence-electron chi connectivity index (χ1n) is 0. The summed E-state index contributed by atoms with van der Waals surface area (Å²) < 4.78 is 0. The fourth-order valence-electron chi connectivity index (χ4n) is 0. The van der Waals surface area contributed by atoms with Crippen molar-refractivity contribution in [1.29, 1.82) is 0 Å². The van der Waals surface area contributed by atoms with Crippen molar-refractivity contribution in [3.8, 4) is 0 Å². The molecule has 0 rings (SSSR count). The first kappa shape index (κ1) is 339. The Labute approximate surface area is 83.2 Å². The molecular formula is H7F6NaSb. The van der Waals surface area contributed by atoms with Crippen molar-refractivity contribution in [3.05, 3.63) is 0 Å². The zero-order valence-corrected chi connectivity index (χ0v) is 8.45. The quantitative estimate of drug-likeness (QED) is 0.340. The third-order valence-corrected chi connectivity index (χ3v) is 0. The van der Waals surface area contributed by atoms with Gasteiger partial charge in [-0.25, -0.2) is 0 Å². The molecule has 0 aliphatic rings. The molecule has 3 radical (unpaired) electrons. The van der Waals surface area contributed by atoms with Crippen molar-refractivity contribution in [2.75, 3.05) is 0 Å². The molecule has 0 bridgehead atoms. The molecule has 0 aromatic carbocycles. The molecule has 0 nitrogen and oxygen atoms in total. The van der Waals surface area contributed by atoms with Gasteiger partial charge in [-0.3, -0.25) is 28.2 Å². The predicted octanol–water partition coefficient (Wildman–Crippen LogP) is -2.35. The summed E-state index contributed by atoms with van der Waals surface area (Å²) in [6.07, 6.45) is 0. The predicted molar refractivity (Wildman–Crippen MR) is 21.9 cm³/mol. The van der Waals surface area contributed by atoms with E-state index in [0.717, 1.165) is 0 Å². The Balaban J connectivity index is 0. The molecule has 0 aliphatic carbocycles. The SMILES string of the molecule is F.F.F.F.F.F.[H-].[Na+].[Sb]. The Hall–Kier alpha value is 1.40. The molecule has 0 heterocycles. The van der Waals surface area contributed by atoms with Crippen LogP contribution in [0, 0.1) is 0 Å². The van der Waals surface area contributed by atoms with Gasteiger partial charge in [0.05, 0.1) is 0 Å². The van der Waals surface area contributed by atoms with Gasteiger partial charge < -0.3 is 1.43 Å². The Morgan fingerprint density at radius 3 is 0.500 bits per heavy atom. The molecule has 0 N–H and O–H groups in total. The largest absolute Gasteiger partial charge is 1.00 e. The third kappa shape index (κ3) is 155. The number of hydrogen-bond donors (Lipinski definition) is 0. The maximum Gasteiger partial charge on any atom is 1.00 e. The van der Waals surface area contributed by atoms with Gasteiger partial charge in [0.15, 0.2) is 0 Å². The molecular weight excluding hydrogens is 259 g/mol. The van der Waals surface area contributed by atoms with Gasteiger partial charge in [-0.2, -0.15) is 0 Å². The van der Waals surface area contributed by atoms with Crippen LogP contribution >= 0.6 is 0 Å². The van der Waals surface area contributed by atoms with E-state index in [1.54, 1.807) is 0 Å². The van der Waals surface area contributed by atoms with Crippen LogP contribution in [-0.4, -0.2) is 24.4 Å². The van der Waals surface area contributed by atoms with Crippen LogP contribution in [0.5, 0.6) is 0 Å². The summed E-state index contributed by atoms with van der Waals surface area (Å²) in [5.74, 6) is 0. The summed E-state index contributed by atoms with van der Waals surface area (Å²) in [5, 5.41) is 0. The number of rotatable bonds is 0. The van der Waals surface area contributed by atoms with Gasteiger partial charge >= 0.3 is 29.6 Å². The minimum absolute atomic E-state index is 0. The monoisotopic (exact) mass is 265 g/mol. The summed E-state index contributed by atoms with van der Waals surface area (Å²) in [4.78, 5) is 0. The second-order valence-corrected chi connectivity index (χ2v) is 0. The summed E-state index contributed by atoms with van der Waals surface area (Å²) >= 11 is 0.